The molecule has 0 radical (unpaired) electrons. The highest BCUT2D eigenvalue weighted by Crippen LogP contribution is 2.33. The summed E-state index contributed by atoms with van der Waals surface area (Å²) in [6.07, 6.45) is 1.12. The largest absolute Gasteiger partial charge is 0.491 e. The molecule has 184 valence electrons. The van der Waals surface area contributed by atoms with E-state index in [0.29, 0.717) is 24.4 Å². The molecule has 0 saturated carbocycles. The van der Waals surface area contributed by atoms with Gasteiger partial charge < -0.3 is 29.9 Å². The van der Waals surface area contributed by atoms with Gasteiger partial charge in [-0.2, -0.15) is 0 Å². The lowest BCUT2D eigenvalue weighted by Crippen LogP contribution is -2.42. The van der Waals surface area contributed by atoms with Crippen molar-refractivity contribution in [1.29, 1.82) is 0 Å². The van der Waals surface area contributed by atoms with Crippen molar-refractivity contribution in [2.75, 3.05) is 13.2 Å². The van der Waals surface area contributed by atoms with Crippen molar-refractivity contribution < 1.29 is 34.2 Å². The molecule has 9 nitrogen and oxygen atoms in total. The summed E-state index contributed by atoms with van der Waals surface area (Å²) < 4.78 is 12.2. The topological polar surface area (TPSA) is 142 Å². The zero-order valence-electron chi connectivity index (χ0n) is 18.7. The fourth-order valence-corrected chi connectivity index (χ4v) is 4.39. The van der Waals surface area contributed by atoms with E-state index in [9.17, 15) is 14.7 Å². The van der Waals surface area contributed by atoms with Crippen LogP contribution in [0.25, 0.3) is 21.5 Å². The van der Waals surface area contributed by atoms with Crippen LogP contribution in [0, 0.1) is 0 Å². The summed E-state index contributed by atoms with van der Waals surface area (Å²) in [5.74, 6) is -1.82. The maximum atomic E-state index is 10.6. The fourth-order valence-electron chi connectivity index (χ4n) is 2.90. The molecule has 0 bridgehead atoms. The van der Waals surface area contributed by atoms with Gasteiger partial charge in [0.2, 0.25) is 0 Å². The lowest BCUT2D eigenvalue weighted by Gasteiger charge is -2.24. The maximum absolute atomic E-state index is 10.6. The minimum Gasteiger partial charge on any atom is -0.491 e. The molecule has 3 aromatic heterocycles. The van der Waals surface area contributed by atoms with E-state index in [-0.39, 0.29) is 6.61 Å². The average molecular weight is 517 g/mol. The number of hydrogen-bond donors (Lipinski definition) is 4. The number of carboxylic acids is 2. The number of carbonyl (C=O) groups is 2. The van der Waals surface area contributed by atoms with Crippen LogP contribution in [-0.4, -0.2) is 51.2 Å². The van der Waals surface area contributed by atoms with Crippen molar-refractivity contribution in [3.63, 3.8) is 0 Å². The Labute approximate surface area is 208 Å². The number of ether oxygens (including phenoxy) is 1. The number of nitrogens with zero attached hydrogens (tertiary/aromatic N) is 1. The predicted octanol–water partition coefficient (Wildman–Crippen LogP) is 4.25. The number of aromatic nitrogens is 1. The molecule has 0 fully saturated rings. The molecule has 11 heteroatoms. The van der Waals surface area contributed by atoms with Crippen LogP contribution >= 0.6 is 22.7 Å². The Morgan fingerprint density at radius 1 is 1.11 bits per heavy atom. The van der Waals surface area contributed by atoms with Crippen molar-refractivity contribution >= 4 is 44.9 Å². The van der Waals surface area contributed by atoms with Gasteiger partial charge in [-0.1, -0.05) is 23.4 Å². The standard InChI is InChI=1S/C20H20N2O3S2.C4H4O4/c1-20(23,12-21-11-16-6-3-8-26-16)13-24-15-5-2-4-14(10-15)18-19-17(25-22-18)7-9-27-19;5-3(6)1-2-4(7)8/h2-10,21,23H,11-13H2,1H3;1-2H,(H,5,6)(H,7,8)/b;2-1-/t20-;/m1./s1. The van der Waals surface area contributed by atoms with Crippen LogP contribution in [0.2, 0.25) is 0 Å². The molecule has 0 unspecified atom stereocenters. The highest BCUT2D eigenvalue weighted by Gasteiger charge is 2.21. The van der Waals surface area contributed by atoms with Crippen molar-refractivity contribution in [1.82, 2.24) is 10.5 Å². The Balaban J connectivity index is 0.000000371. The first-order chi connectivity index (χ1) is 16.7. The second-order valence-electron chi connectivity index (χ2n) is 7.65. The fraction of sp³-hybridized carbons (Fsp3) is 0.208. The number of aliphatic carboxylic acids is 2. The summed E-state index contributed by atoms with van der Waals surface area (Å²) in [5, 5.41) is 37.7. The van der Waals surface area contributed by atoms with E-state index in [1.807, 2.05) is 47.2 Å². The molecule has 0 amide bonds. The van der Waals surface area contributed by atoms with Crippen LogP contribution in [0.3, 0.4) is 0 Å². The van der Waals surface area contributed by atoms with E-state index in [1.54, 1.807) is 29.6 Å². The molecule has 4 N–H and O–H groups in total. The Morgan fingerprint density at radius 3 is 2.57 bits per heavy atom. The molecule has 4 aromatic rings. The minimum atomic E-state index is -1.26. The maximum Gasteiger partial charge on any atom is 0.328 e. The molecule has 3 heterocycles. The smallest absolute Gasteiger partial charge is 0.328 e. The Morgan fingerprint density at radius 2 is 1.89 bits per heavy atom. The van der Waals surface area contributed by atoms with E-state index in [1.165, 1.54) is 4.88 Å². The van der Waals surface area contributed by atoms with Gasteiger partial charge in [-0.25, -0.2) is 9.59 Å². The van der Waals surface area contributed by atoms with Crippen molar-refractivity contribution in [3.8, 4) is 17.0 Å². The number of thiophene rings is 2. The first-order valence-electron chi connectivity index (χ1n) is 10.4. The molecule has 0 spiro atoms. The second-order valence-corrected chi connectivity index (χ2v) is 9.60. The predicted molar refractivity (Wildman–Crippen MR) is 134 cm³/mol. The first-order valence-corrected chi connectivity index (χ1v) is 12.1. The van der Waals surface area contributed by atoms with E-state index < -0.39 is 17.5 Å². The SMILES string of the molecule is C[C@@](O)(CNCc1cccs1)COc1cccc(-c2noc3ccsc23)c1.O=C(O)/C=C\C(=O)O. The van der Waals surface area contributed by atoms with Gasteiger partial charge in [0, 0.05) is 35.7 Å². The van der Waals surface area contributed by atoms with Crippen molar-refractivity contribution in [2.45, 2.75) is 19.1 Å². The number of nitrogens with one attached hydrogen (secondary N) is 1. The molecule has 1 atom stereocenters. The number of carboxylic acid groups (broad SMARTS) is 2. The van der Waals surface area contributed by atoms with Gasteiger partial charge in [-0.15, -0.1) is 22.7 Å². The molecular weight excluding hydrogens is 492 g/mol. The number of fused-ring (bicyclic) bond motifs is 1. The third kappa shape index (κ3) is 8.34. The first kappa shape index (κ1) is 26.1. The van der Waals surface area contributed by atoms with E-state index >= 15 is 0 Å². The van der Waals surface area contributed by atoms with E-state index in [4.69, 9.17) is 19.5 Å². The summed E-state index contributed by atoms with van der Waals surface area (Å²) in [6, 6.07) is 13.7. The van der Waals surface area contributed by atoms with Gasteiger partial charge in [0.25, 0.3) is 0 Å². The summed E-state index contributed by atoms with van der Waals surface area (Å²) >= 11 is 3.30. The highest BCUT2D eigenvalue weighted by molar-refractivity contribution is 7.17. The molecule has 4 rings (SSSR count). The summed E-state index contributed by atoms with van der Waals surface area (Å²) in [7, 11) is 0. The van der Waals surface area contributed by atoms with Gasteiger partial charge in [0.15, 0.2) is 5.58 Å². The Hall–Kier alpha value is -3.51. The summed E-state index contributed by atoms with van der Waals surface area (Å²) in [4.78, 5) is 20.3. The number of aliphatic hydroxyl groups is 1. The highest BCUT2D eigenvalue weighted by atomic mass is 32.1. The third-order valence-electron chi connectivity index (χ3n) is 4.49. The van der Waals surface area contributed by atoms with Crippen molar-refractivity contribution in [3.05, 3.63) is 70.3 Å². The molecule has 0 aliphatic rings. The third-order valence-corrected chi connectivity index (χ3v) is 6.27. The second kappa shape index (κ2) is 12.3. The van der Waals surface area contributed by atoms with Crippen LogP contribution in [-0.2, 0) is 16.1 Å². The quantitative estimate of drug-likeness (QED) is 0.228. The van der Waals surface area contributed by atoms with Crippen LogP contribution in [0.4, 0.5) is 0 Å². The van der Waals surface area contributed by atoms with Gasteiger partial charge >= 0.3 is 11.9 Å². The van der Waals surface area contributed by atoms with Gasteiger partial charge in [-0.05, 0) is 41.9 Å². The van der Waals surface area contributed by atoms with E-state index in [0.717, 1.165) is 28.1 Å². The van der Waals surface area contributed by atoms with Gasteiger partial charge in [0.05, 0.1) is 0 Å². The molecule has 0 saturated heterocycles. The zero-order chi connectivity index (χ0) is 25.3. The van der Waals surface area contributed by atoms with Gasteiger partial charge in [0.1, 0.15) is 28.4 Å². The van der Waals surface area contributed by atoms with Crippen molar-refractivity contribution in [2.24, 2.45) is 0 Å². The van der Waals surface area contributed by atoms with E-state index in [2.05, 4.69) is 16.5 Å². The molecule has 0 aliphatic carbocycles. The molecule has 35 heavy (non-hydrogen) atoms. The van der Waals surface area contributed by atoms with Crippen LogP contribution < -0.4 is 10.1 Å². The van der Waals surface area contributed by atoms with Crippen LogP contribution in [0.1, 0.15) is 11.8 Å². The molecular formula is C24H24N2O7S2. The normalized spacial score (nSPS) is 12.7. The van der Waals surface area contributed by atoms with Crippen LogP contribution in [0.5, 0.6) is 5.75 Å². The monoisotopic (exact) mass is 516 g/mol. The Bertz CT molecular complexity index is 1260. The Kier molecular flexibility index (Phi) is 9.15. The number of rotatable bonds is 10. The summed E-state index contributed by atoms with van der Waals surface area (Å²) in [6.45, 7) is 3.15. The average Bonchev–Trinajstić information content (AvgIpc) is 3.56. The summed E-state index contributed by atoms with van der Waals surface area (Å²) in [5.41, 5.74) is 1.57. The minimum absolute atomic E-state index is 0.196. The zero-order valence-corrected chi connectivity index (χ0v) is 20.3. The number of benzene rings is 1. The number of hydrogen-bond acceptors (Lipinski definition) is 9. The van der Waals surface area contributed by atoms with Crippen LogP contribution in [0.15, 0.2) is 69.9 Å². The van der Waals surface area contributed by atoms with Gasteiger partial charge in [-0.3, -0.25) is 0 Å². The molecule has 0 aliphatic heterocycles. The lowest BCUT2D eigenvalue weighted by molar-refractivity contribution is -0.134. The lowest BCUT2D eigenvalue weighted by atomic mass is 10.1. The molecule has 1 aromatic carbocycles.